The van der Waals surface area contributed by atoms with Gasteiger partial charge in [-0.3, -0.25) is 0 Å². The van der Waals surface area contributed by atoms with E-state index in [1.165, 1.54) is 24.2 Å². The first-order chi connectivity index (χ1) is 7.16. The molecule has 0 radical (unpaired) electrons. The summed E-state index contributed by atoms with van der Waals surface area (Å²) in [4.78, 5) is 13.5. The number of carbonyl (C=O) groups is 1. The van der Waals surface area contributed by atoms with Crippen LogP contribution in [-0.4, -0.2) is 24.2 Å². The van der Waals surface area contributed by atoms with Crippen LogP contribution in [0.15, 0.2) is 11.4 Å². The quantitative estimate of drug-likeness (QED) is 0.841. The molecule has 1 fully saturated rings. The summed E-state index contributed by atoms with van der Waals surface area (Å²) in [5.41, 5.74) is 1.07. The SMILES string of the molecule is CC1CCN(c2csc(C(=O)O)c2)CC1. The van der Waals surface area contributed by atoms with E-state index in [0.717, 1.165) is 24.7 Å². The van der Waals surface area contributed by atoms with Crippen molar-refractivity contribution in [2.24, 2.45) is 5.92 Å². The number of thiophene rings is 1. The molecule has 4 heteroatoms. The van der Waals surface area contributed by atoms with E-state index in [2.05, 4.69) is 11.8 Å². The van der Waals surface area contributed by atoms with Crippen LogP contribution in [0.3, 0.4) is 0 Å². The fourth-order valence-electron chi connectivity index (χ4n) is 1.87. The van der Waals surface area contributed by atoms with Crippen LogP contribution in [-0.2, 0) is 0 Å². The second kappa shape index (κ2) is 4.23. The second-order valence-corrected chi connectivity index (χ2v) is 5.06. The summed E-state index contributed by atoms with van der Waals surface area (Å²) >= 11 is 1.31. The zero-order valence-corrected chi connectivity index (χ0v) is 9.59. The van der Waals surface area contributed by atoms with Crippen molar-refractivity contribution in [2.45, 2.75) is 19.8 Å². The van der Waals surface area contributed by atoms with Gasteiger partial charge in [0.05, 0.1) is 0 Å². The normalized spacial score (nSPS) is 18.1. The van der Waals surface area contributed by atoms with E-state index < -0.39 is 5.97 Å². The number of carboxylic acid groups (broad SMARTS) is 1. The summed E-state index contributed by atoms with van der Waals surface area (Å²) in [6.07, 6.45) is 2.41. The molecule has 0 atom stereocenters. The third-order valence-electron chi connectivity index (χ3n) is 2.95. The number of piperidine rings is 1. The lowest BCUT2D eigenvalue weighted by Crippen LogP contribution is -2.32. The lowest BCUT2D eigenvalue weighted by atomic mass is 9.99. The van der Waals surface area contributed by atoms with Crippen LogP contribution in [0.2, 0.25) is 0 Å². The van der Waals surface area contributed by atoms with Crippen molar-refractivity contribution in [1.82, 2.24) is 0 Å². The van der Waals surface area contributed by atoms with Crippen molar-refractivity contribution < 1.29 is 9.90 Å². The van der Waals surface area contributed by atoms with Crippen LogP contribution in [0.5, 0.6) is 0 Å². The maximum absolute atomic E-state index is 10.7. The summed E-state index contributed by atoms with van der Waals surface area (Å²) in [5.74, 6) is -0.0181. The van der Waals surface area contributed by atoms with Crippen LogP contribution >= 0.6 is 11.3 Å². The van der Waals surface area contributed by atoms with E-state index in [-0.39, 0.29) is 0 Å². The number of hydrogen-bond donors (Lipinski definition) is 1. The zero-order chi connectivity index (χ0) is 10.8. The molecule has 0 aliphatic carbocycles. The summed E-state index contributed by atoms with van der Waals surface area (Å²) in [5, 5.41) is 10.8. The first kappa shape index (κ1) is 10.5. The van der Waals surface area contributed by atoms with E-state index >= 15 is 0 Å². The highest BCUT2D eigenvalue weighted by Crippen LogP contribution is 2.27. The lowest BCUT2D eigenvalue weighted by Gasteiger charge is -2.31. The molecule has 1 aromatic heterocycles. The predicted octanol–water partition coefficient (Wildman–Crippen LogP) is 2.68. The monoisotopic (exact) mass is 225 g/mol. The summed E-state index contributed by atoms with van der Waals surface area (Å²) in [7, 11) is 0. The molecule has 1 aliphatic rings. The smallest absolute Gasteiger partial charge is 0.345 e. The van der Waals surface area contributed by atoms with Gasteiger partial charge >= 0.3 is 5.97 Å². The van der Waals surface area contributed by atoms with Gasteiger partial charge < -0.3 is 10.0 Å². The Morgan fingerprint density at radius 2 is 2.20 bits per heavy atom. The molecule has 0 amide bonds. The van der Waals surface area contributed by atoms with Crippen molar-refractivity contribution in [2.75, 3.05) is 18.0 Å². The number of carboxylic acids is 1. The van der Waals surface area contributed by atoms with Crippen molar-refractivity contribution in [1.29, 1.82) is 0 Å². The molecule has 0 saturated carbocycles. The van der Waals surface area contributed by atoms with Gasteiger partial charge in [0.2, 0.25) is 0 Å². The van der Waals surface area contributed by atoms with Crippen LogP contribution in [0, 0.1) is 5.92 Å². The van der Waals surface area contributed by atoms with E-state index in [0.29, 0.717) is 4.88 Å². The molecule has 1 saturated heterocycles. The van der Waals surface area contributed by atoms with Crippen molar-refractivity contribution >= 4 is 23.0 Å². The fraction of sp³-hybridized carbons (Fsp3) is 0.545. The molecule has 1 aliphatic heterocycles. The maximum Gasteiger partial charge on any atom is 0.345 e. The fourth-order valence-corrected chi connectivity index (χ4v) is 2.63. The van der Waals surface area contributed by atoms with Crippen molar-refractivity contribution in [3.63, 3.8) is 0 Å². The van der Waals surface area contributed by atoms with Gasteiger partial charge in [-0.15, -0.1) is 11.3 Å². The zero-order valence-electron chi connectivity index (χ0n) is 8.77. The predicted molar refractivity (Wildman–Crippen MR) is 61.9 cm³/mol. The highest BCUT2D eigenvalue weighted by atomic mass is 32.1. The van der Waals surface area contributed by atoms with Gasteiger partial charge in [0.25, 0.3) is 0 Å². The van der Waals surface area contributed by atoms with Crippen LogP contribution in [0.4, 0.5) is 5.69 Å². The molecular weight excluding hydrogens is 210 g/mol. The molecule has 0 spiro atoms. The second-order valence-electron chi connectivity index (χ2n) is 4.14. The summed E-state index contributed by atoms with van der Waals surface area (Å²) in [6.45, 7) is 4.38. The molecule has 1 N–H and O–H groups in total. The summed E-state index contributed by atoms with van der Waals surface area (Å²) < 4.78 is 0. The van der Waals surface area contributed by atoms with Crippen LogP contribution in [0.1, 0.15) is 29.4 Å². The Balaban J connectivity index is 2.06. The molecule has 3 nitrogen and oxygen atoms in total. The van der Waals surface area contributed by atoms with Gasteiger partial charge in [0, 0.05) is 24.2 Å². The molecule has 0 bridgehead atoms. The molecule has 0 aromatic carbocycles. The Labute approximate surface area is 93.3 Å². The van der Waals surface area contributed by atoms with E-state index in [1.807, 2.05) is 5.38 Å². The van der Waals surface area contributed by atoms with E-state index in [9.17, 15) is 4.79 Å². The molecule has 82 valence electrons. The van der Waals surface area contributed by atoms with E-state index in [4.69, 9.17) is 5.11 Å². The molecule has 1 aromatic rings. The number of hydrogen-bond acceptors (Lipinski definition) is 3. The molecule has 0 unspecified atom stereocenters. The van der Waals surface area contributed by atoms with Crippen molar-refractivity contribution in [3.05, 3.63) is 16.3 Å². The van der Waals surface area contributed by atoms with Crippen LogP contribution < -0.4 is 4.90 Å². The Bertz CT molecular complexity index is 353. The molecule has 15 heavy (non-hydrogen) atoms. The highest BCUT2D eigenvalue weighted by molar-refractivity contribution is 7.12. The standard InChI is InChI=1S/C11H15NO2S/c1-8-2-4-12(5-3-8)9-6-10(11(13)14)15-7-9/h6-8H,2-5H2,1H3,(H,13,14). The first-order valence-corrected chi connectivity index (χ1v) is 6.11. The third-order valence-corrected chi connectivity index (χ3v) is 3.85. The minimum absolute atomic E-state index is 0.434. The Hall–Kier alpha value is -1.03. The van der Waals surface area contributed by atoms with Crippen molar-refractivity contribution in [3.8, 4) is 0 Å². The topological polar surface area (TPSA) is 40.5 Å². The molecular formula is C11H15NO2S. The average molecular weight is 225 g/mol. The maximum atomic E-state index is 10.7. The highest BCUT2D eigenvalue weighted by Gasteiger charge is 2.18. The average Bonchev–Trinajstić information content (AvgIpc) is 2.68. The first-order valence-electron chi connectivity index (χ1n) is 5.23. The Morgan fingerprint density at radius 3 is 2.73 bits per heavy atom. The number of nitrogens with zero attached hydrogens (tertiary/aromatic N) is 1. The number of aromatic carboxylic acids is 1. The van der Waals surface area contributed by atoms with Gasteiger partial charge in [-0.1, -0.05) is 6.92 Å². The van der Waals surface area contributed by atoms with Crippen LogP contribution in [0.25, 0.3) is 0 Å². The largest absolute Gasteiger partial charge is 0.477 e. The molecule has 2 heterocycles. The van der Waals surface area contributed by atoms with Gasteiger partial charge in [-0.05, 0) is 24.8 Å². The Morgan fingerprint density at radius 1 is 1.53 bits per heavy atom. The van der Waals surface area contributed by atoms with Gasteiger partial charge in [-0.25, -0.2) is 4.79 Å². The van der Waals surface area contributed by atoms with Gasteiger partial charge in [0.15, 0.2) is 0 Å². The number of rotatable bonds is 2. The van der Waals surface area contributed by atoms with Gasteiger partial charge in [-0.2, -0.15) is 0 Å². The minimum atomic E-state index is -0.823. The molecule has 2 rings (SSSR count). The third kappa shape index (κ3) is 2.31. The Kier molecular flexibility index (Phi) is 2.95. The van der Waals surface area contributed by atoms with Gasteiger partial charge in [0.1, 0.15) is 4.88 Å². The van der Waals surface area contributed by atoms with E-state index in [1.54, 1.807) is 6.07 Å². The summed E-state index contributed by atoms with van der Waals surface area (Å²) in [6, 6.07) is 1.78. The minimum Gasteiger partial charge on any atom is -0.477 e. The lowest BCUT2D eigenvalue weighted by molar-refractivity contribution is 0.0702. The number of anilines is 1.